The van der Waals surface area contributed by atoms with Crippen molar-refractivity contribution in [3.63, 3.8) is 0 Å². The molecule has 3 aromatic rings. The fraction of sp³-hybridized carbons (Fsp3) is 0.310. The second-order valence-electron chi connectivity index (χ2n) is 9.50. The topological polar surface area (TPSA) is 86.8 Å². The Balaban J connectivity index is 2.08. The van der Waals surface area contributed by atoms with Gasteiger partial charge < -0.3 is 10.2 Å². The maximum absolute atomic E-state index is 14.0. The molecule has 0 aliphatic rings. The van der Waals surface area contributed by atoms with Gasteiger partial charge in [-0.2, -0.15) is 0 Å². The number of nitrogens with zero attached hydrogens (tertiary/aromatic N) is 2. The van der Waals surface area contributed by atoms with Crippen molar-refractivity contribution in [2.24, 2.45) is 0 Å². The molecule has 0 saturated heterocycles. The molecule has 0 aromatic heterocycles. The number of halogens is 3. The first-order valence-corrected chi connectivity index (χ1v) is 15.3. The van der Waals surface area contributed by atoms with Gasteiger partial charge in [-0.25, -0.2) is 8.42 Å². The second-order valence-corrected chi connectivity index (χ2v) is 12.6. The predicted molar refractivity (Wildman–Crippen MR) is 162 cm³/mol. The molecule has 40 heavy (non-hydrogen) atoms. The Kier molecular flexibility index (Phi) is 10.9. The third-order valence-electron chi connectivity index (χ3n) is 6.55. The molecule has 0 aliphatic heterocycles. The molecule has 7 nitrogen and oxygen atoms in total. The van der Waals surface area contributed by atoms with Gasteiger partial charge in [0, 0.05) is 17.6 Å². The summed E-state index contributed by atoms with van der Waals surface area (Å²) < 4.78 is 28.8. The summed E-state index contributed by atoms with van der Waals surface area (Å²) >= 11 is 19.1. The summed E-state index contributed by atoms with van der Waals surface area (Å²) in [5.41, 5.74) is 1.52. The van der Waals surface area contributed by atoms with Gasteiger partial charge in [0.25, 0.3) is 10.0 Å². The summed E-state index contributed by atoms with van der Waals surface area (Å²) in [6.45, 7) is 6.57. The van der Waals surface area contributed by atoms with Crippen LogP contribution in [0.3, 0.4) is 0 Å². The minimum Gasteiger partial charge on any atom is -0.352 e. The normalized spacial score (nSPS) is 12.9. The summed E-state index contributed by atoms with van der Waals surface area (Å²) in [6.07, 6.45) is 0.701. The zero-order valence-electron chi connectivity index (χ0n) is 22.7. The lowest BCUT2D eigenvalue weighted by atomic mass is 10.1. The summed E-state index contributed by atoms with van der Waals surface area (Å²) in [7, 11) is -4.27. The van der Waals surface area contributed by atoms with Crippen molar-refractivity contribution in [1.82, 2.24) is 10.2 Å². The molecule has 1 N–H and O–H groups in total. The number of benzene rings is 3. The Hall–Kier alpha value is -2.78. The van der Waals surface area contributed by atoms with Gasteiger partial charge in [-0.3, -0.25) is 13.9 Å². The molecule has 0 heterocycles. The lowest BCUT2D eigenvalue weighted by molar-refractivity contribution is -0.139. The number of hydrogen-bond acceptors (Lipinski definition) is 4. The molecule has 0 saturated carbocycles. The van der Waals surface area contributed by atoms with Crippen LogP contribution in [0, 0.1) is 6.92 Å². The summed E-state index contributed by atoms with van der Waals surface area (Å²) in [5.74, 6) is -0.998. The van der Waals surface area contributed by atoms with E-state index in [1.807, 2.05) is 20.8 Å². The molecule has 3 rings (SSSR count). The van der Waals surface area contributed by atoms with Gasteiger partial charge in [0.2, 0.25) is 11.8 Å². The lowest BCUT2D eigenvalue weighted by Crippen LogP contribution is -2.52. The lowest BCUT2D eigenvalue weighted by Gasteiger charge is -2.33. The van der Waals surface area contributed by atoms with Gasteiger partial charge in [-0.15, -0.1) is 0 Å². The molecule has 0 spiro atoms. The molecule has 0 radical (unpaired) electrons. The van der Waals surface area contributed by atoms with Crippen molar-refractivity contribution in [3.05, 3.63) is 92.9 Å². The van der Waals surface area contributed by atoms with Gasteiger partial charge in [0.05, 0.1) is 20.6 Å². The van der Waals surface area contributed by atoms with Crippen molar-refractivity contribution >= 4 is 62.3 Å². The van der Waals surface area contributed by atoms with E-state index in [4.69, 9.17) is 34.8 Å². The van der Waals surface area contributed by atoms with Crippen LogP contribution < -0.4 is 9.62 Å². The van der Waals surface area contributed by atoms with Crippen molar-refractivity contribution in [1.29, 1.82) is 0 Å². The van der Waals surface area contributed by atoms with Crippen LogP contribution in [-0.4, -0.2) is 43.8 Å². The van der Waals surface area contributed by atoms with E-state index in [1.54, 1.807) is 49.4 Å². The van der Waals surface area contributed by atoms with Crippen molar-refractivity contribution in [2.45, 2.75) is 57.6 Å². The monoisotopic (exact) mass is 623 g/mol. The number of anilines is 1. The molecule has 2 atom stereocenters. The molecule has 3 aromatic carbocycles. The highest BCUT2D eigenvalue weighted by Gasteiger charge is 2.34. The number of aryl methyl sites for hydroxylation is 1. The Morgan fingerprint density at radius 3 is 2.15 bits per heavy atom. The van der Waals surface area contributed by atoms with Crippen LogP contribution in [0.1, 0.15) is 38.3 Å². The highest BCUT2D eigenvalue weighted by Crippen LogP contribution is 2.35. The smallest absolute Gasteiger partial charge is 0.264 e. The summed E-state index contributed by atoms with van der Waals surface area (Å²) in [6, 6.07) is 16.7. The predicted octanol–water partition coefficient (Wildman–Crippen LogP) is 6.48. The van der Waals surface area contributed by atoms with Gasteiger partial charge >= 0.3 is 0 Å². The van der Waals surface area contributed by atoms with Crippen LogP contribution in [0.15, 0.2) is 71.6 Å². The first-order valence-electron chi connectivity index (χ1n) is 12.7. The molecule has 2 amide bonds. The fourth-order valence-corrected chi connectivity index (χ4v) is 5.96. The Bertz CT molecular complexity index is 1470. The van der Waals surface area contributed by atoms with E-state index < -0.39 is 28.5 Å². The van der Waals surface area contributed by atoms with Crippen LogP contribution in [0.5, 0.6) is 0 Å². The number of amides is 2. The van der Waals surface area contributed by atoms with Crippen LogP contribution in [-0.2, 0) is 26.2 Å². The molecule has 0 aliphatic carbocycles. The van der Waals surface area contributed by atoms with Gasteiger partial charge in [0.15, 0.2) is 0 Å². The van der Waals surface area contributed by atoms with Crippen molar-refractivity contribution in [3.8, 4) is 0 Å². The number of carbonyl (C=O) groups excluding carboxylic acids is 2. The largest absolute Gasteiger partial charge is 0.352 e. The Morgan fingerprint density at radius 1 is 0.900 bits per heavy atom. The minimum atomic E-state index is -4.27. The van der Waals surface area contributed by atoms with Crippen molar-refractivity contribution in [2.75, 3.05) is 10.8 Å². The first-order chi connectivity index (χ1) is 18.9. The van der Waals surface area contributed by atoms with E-state index in [0.29, 0.717) is 17.0 Å². The zero-order chi connectivity index (χ0) is 29.6. The third-order valence-corrected chi connectivity index (χ3v) is 9.51. The Labute approximate surface area is 251 Å². The average molecular weight is 625 g/mol. The van der Waals surface area contributed by atoms with E-state index in [0.717, 1.165) is 9.87 Å². The highest BCUT2D eigenvalue weighted by atomic mass is 35.5. The molecular formula is C29H32Cl3N3O4S. The van der Waals surface area contributed by atoms with E-state index in [-0.39, 0.29) is 39.1 Å². The van der Waals surface area contributed by atoms with Crippen LogP contribution >= 0.6 is 34.8 Å². The molecule has 11 heteroatoms. The third kappa shape index (κ3) is 7.49. The fourth-order valence-electron chi connectivity index (χ4n) is 3.89. The molecule has 0 unspecified atom stereocenters. The van der Waals surface area contributed by atoms with Gasteiger partial charge in [-0.1, -0.05) is 83.7 Å². The van der Waals surface area contributed by atoms with Crippen LogP contribution in [0.2, 0.25) is 15.1 Å². The summed E-state index contributed by atoms with van der Waals surface area (Å²) in [5, 5.41) is 3.41. The maximum atomic E-state index is 14.0. The van der Waals surface area contributed by atoms with Crippen molar-refractivity contribution < 1.29 is 18.0 Å². The average Bonchev–Trinajstić information content (AvgIpc) is 2.92. The summed E-state index contributed by atoms with van der Waals surface area (Å²) in [4.78, 5) is 28.4. The molecule has 214 valence electrons. The molecular weight excluding hydrogens is 593 g/mol. The number of rotatable bonds is 11. The van der Waals surface area contributed by atoms with Crippen LogP contribution in [0.25, 0.3) is 0 Å². The zero-order valence-corrected chi connectivity index (χ0v) is 25.8. The van der Waals surface area contributed by atoms with Gasteiger partial charge in [0.1, 0.15) is 12.6 Å². The van der Waals surface area contributed by atoms with Gasteiger partial charge in [-0.05, 0) is 63.1 Å². The van der Waals surface area contributed by atoms with E-state index in [1.165, 1.54) is 29.2 Å². The first kappa shape index (κ1) is 31.7. The molecule has 0 bridgehead atoms. The number of sulfonamides is 1. The maximum Gasteiger partial charge on any atom is 0.264 e. The second kappa shape index (κ2) is 13.7. The minimum absolute atomic E-state index is 0.0186. The van der Waals surface area contributed by atoms with Crippen LogP contribution in [0.4, 0.5) is 5.69 Å². The number of hydrogen-bond donors (Lipinski definition) is 1. The Morgan fingerprint density at radius 2 is 1.52 bits per heavy atom. The number of nitrogens with one attached hydrogen (secondary N) is 1. The van der Waals surface area contributed by atoms with E-state index in [9.17, 15) is 18.0 Å². The quantitative estimate of drug-likeness (QED) is 0.265. The standard InChI is InChI=1S/C29H32Cl3N3O4S/c1-5-20(3)33-29(37)21(4)34(17-22-9-6-7-10-24(22)30)27(36)18-35(26-12-8-11-25(31)28(26)32)40(38,39)23-15-13-19(2)14-16-23/h6-16,20-21H,5,17-18H2,1-4H3,(H,33,37)/t20-,21-/m0/s1. The SMILES string of the molecule is CC[C@H](C)NC(=O)[C@H](C)N(Cc1ccccc1Cl)C(=O)CN(c1cccc(Cl)c1Cl)S(=O)(=O)c1ccc(C)cc1. The molecule has 0 fully saturated rings. The van der Waals surface area contributed by atoms with E-state index >= 15 is 0 Å². The number of carbonyl (C=O) groups is 2. The van der Waals surface area contributed by atoms with E-state index in [2.05, 4.69) is 5.32 Å². The highest BCUT2D eigenvalue weighted by molar-refractivity contribution is 7.92.